The van der Waals surface area contributed by atoms with Gasteiger partial charge in [0.15, 0.2) is 0 Å². The molecule has 0 aromatic heterocycles. The summed E-state index contributed by atoms with van der Waals surface area (Å²) in [5.74, 6) is 0. The van der Waals surface area contributed by atoms with E-state index in [-0.39, 0.29) is 6.04 Å². The average molecular weight is 376 g/mol. The first kappa shape index (κ1) is 16.7. The van der Waals surface area contributed by atoms with E-state index in [1.54, 1.807) is 10.4 Å². The second-order valence-corrected chi connectivity index (χ2v) is 7.63. The molecule has 1 saturated heterocycles. The monoisotopic (exact) mass is 375 g/mol. The molecule has 2 rings (SSSR count). The third kappa shape index (κ3) is 4.42. The lowest BCUT2D eigenvalue weighted by molar-refractivity contribution is 0.248. The highest BCUT2D eigenvalue weighted by atomic mass is 79.9. The summed E-state index contributed by atoms with van der Waals surface area (Å²) in [6.45, 7) is 4.16. The van der Waals surface area contributed by atoms with Crippen molar-refractivity contribution >= 4 is 31.8 Å². The first-order valence-electron chi connectivity index (χ1n) is 7.29. The fraction of sp³-hybridized carbons (Fsp3) is 0.571. The van der Waals surface area contributed by atoms with Crippen molar-refractivity contribution in [3.8, 4) is 0 Å². The maximum Gasteiger partial charge on any atom is 0.301 e. The van der Waals surface area contributed by atoms with Crippen LogP contribution in [-0.2, 0) is 10.2 Å². The van der Waals surface area contributed by atoms with Crippen molar-refractivity contribution in [3.05, 3.63) is 28.7 Å². The van der Waals surface area contributed by atoms with Crippen molar-refractivity contribution in [2.75, 3.05) is 24.4 Å². The van der Waals surface area contributed by atoms with Gasteiger partial charge in [0.2, 0.25) is 0 Å². The quantitative estimate of drug-likeness (QED) is 0.802. The van der Waals surface area contributed by atoms with E-state index < -0.39 is 10.2 Å². The molecule has 1 aliphatic rings. The van der Waals surface area contributed by atoms with E-state index in [1.165, 1.54) is 0 Å². The summed E-state index contributed by atoms with van der Waals surface area (Å²) >= 11 is 3.37. The Morgan fingerprint density at radius 1 is 1.33 bits per heavy atom. The lowest BCUT2D eigenvalue weighted by Gasteiger charge is -2.34. The Labute approximate surface area is 135 Å². The number of hydrogen-bond acceptors (Lipinski definition) is 3. The minimum atomic E-state index is -3.53. The molecule has 1 aromatic carbocycles. The summed E-state index contributed by atoms with van der Waals surface area (Å²) in [7, 11) is -3.53. The Hall–Kier alpha value is -0.630. The second-order valence-electron chi connectivity index (χ2n) is 5.15. The molecular weight excluding hydrogens is 354 g/mol. The van der Waals surface area contributed by atoms with Crippen molar-refractivity contribution in [2.24, 2.45) is 0 Å². The molecule has 0 aliphatic carbocycles. The van der Waals surface area contributed by atoms with Gasteiger partial charge in [0, 0.05) is 23.6 Å². The van der Waals surface area contributed by atoms with E-state index in [0.717, 1.165) is 30.3 Å². The van der Waals surface area contributed by atoms with Gasteiger partial charge in [-0.15, -0.1) is 0 Å². The standard InChI is InChI=1S/C14H22BrN3O2S/c1-2-16-11-12-7-5-6-10-18(12)21(19,20)17-14-9-4-3-8-13(14)15/h3-4,8-9,12,16-17H,2,5-7,10-11H2,1H3. The van der Waals surface area contributed by atoms with Gasteiger partial charge in [-0.25, -0.2) is 0 Å². The van der Waals surface area contributed by atoms with E-state index in [9.17, 15) is 8.42 Å². The molecule has 1 fully saturated rings. The lowest BCUT2D eigenvalue weighted by Crippen LogP contribution is -2.50. The molecule has 0 radical (unpaired) electrons. The molecule has 1 aromatic rings. The largest absolute Gasteiger partial charge is 0.315 e. The molecule has 0 amide bonds. The van der Waals surface area contributed by atoms with Crippen LogP contribution in [0.2, 0.25) is 0 Å². The highest BCUT2D eigenvalue weighted by Gasteiger charge is 2.32. The van der Waals surface area contributed by atoms with Gasteiger partial charge in [0.1, 0.15) is 0 Å². The van der Waals surface area contributed by atoms with E-state index in [4.69, 9.17) is 0 Å². The van der Waals surface area contributed by atoms with Crippen LogP contribution in [-0.4, -0.2) is 38.4 Å². The lowest BCUT2D eigenvalue weighted by atomic mass is 10.1. The van der Waals surface area contributed by atoms with Crippen LogP contribution in [0.3, 0.4) is 0 Å². The predicted octanol–water partition coefficient (Wildman–Crippen LogP) is 2.57. The van der Waals surface area contributed by atoms with Crippen LogP contribution in [0, 0.1) is 0 Å². The molecule has 2 N–H and O–H groups in total. The molecule has 1 atom stereocenters. The van der Waals surface area contributed by atoms with Gasteiger partial charge in [-0.1, -0.05) is 25.5 Å². The number of hydrogen-bond donors (Lipinski definition) is 2. The van der Waals surface area contributed by atoms with Crippen molar-refractivity contribution in [1.29, 1.82) is 0 Å². The van der Waals surface area contributed by atoms with E-state index in [1.807, 2.05) is 25.1 Å². The van der Waals surface area contributed by atoms with Gasteiger partial charge in [-0.05, 0) is 47.4 Å². The van der Waals surface area contributed by atoms with Gasteiger partial charge >= 0.3 is 10.2 Å². The van der Waals surface area contributed by atoms with E-state index in [2.05, 4.69) is 26.0 Å². The number of nitrogens with one attached hydrogen (secondary N) is 2. The van der Waals surface area contributed by atoms with E-state index in [0.29, 0.717) is 18.8 Å². The highest BCUT2D eigenvalue weighted by molar-refractivity contribution is 9.10. The Morgan fingerprint density at radius 3 is 2.81 bits per heavy atom. The first-order valence-corrected chi connectivity index (χ1v) is 9.52. The molecule has 21 heavy (non-hydrogen) atoms. The van der Waals surface area contributed by atoms with Crippen LogP contribution in [0.5, 0.6) is 0 Å². The average Bonchev–Trinajstić information content (AvgIpc) is 2.47. The van der Waals surface area contributed by atoms with Gasteiger partial charge < -0.3 is 5.32 Å². The van der Waals surface area contributed by atoms with Crippen molar-refractivity contribution in [1.82, 2.24) is 9.62 Å². The molecule has 7 heteroatoms. The summed E-state index contributed by atoms with van der Waals surface area (Å²) in [5.41, 5.74) is 0.574. The van der Waals surface area contributed by atoms with E-state index >= 15 is 0 Å². The molecule has 0 bridgehead atoms. The summed E-state index contributed by atoms with van der Waals surface area (Å²) in [4.78, 5) is 0. The Morgan fingerprint density at radius 2 is 2.10 bits per heavy atom. The molecule has 0 saturated carbocycles. The Balaban J connectivity index is 2.14. The summed E-state index contributed by atoms with van der Waals surface area (Å²) in [6.07, 6.45) is 2.90. The summed E-state index contributed by atoms with van der Waals surface area (Å²) in [5, 5.41) is 3.25. The number of halogens is 1. The van der Waals surface area contributed by atoms with Gasteiger partial charge in [0.05, 0.1) is 5.69 Å². The summed E-state index contributed by atoms with van der Waals surface area (Å²) < 4.78 is 30.3. The number of benzene rings is 1. The Kier molecular flexibility index (Phi) is 6.04. The van der Waals surface area contributed by atoms with Gasteiger partial charge in [0.25, 0.3) is 0 Å². The normalized spacial score (nSPS) is 20.4. The zero-order valence-electron chi connectivity index (χ0n) is 12.2. The fourth-order valence-electron chi connectivity index (χ4n) is 2.55. The van der Waals surface area contributed by atoms with Crippen LogP contribution in [0.1, 0.15) is 26.2 Å². The third-order valence-electron chi connectivity index (χ3n) is 3.62. The smallest absolute Gasteiger partial charge is 0.301 e. The third-order valence-corrected chi connectivity index (χ3v) is 5.89. The number of nitrogens with zero attached hydrogens (tertiary/aromatic N) is 1. The number of likely N-dealkylation sites (N-methyl/N-ethyl adjacent to an activating group) is 1. The highest BCUT2D eigenvalue weighted by Crippen LogP contribution is 2.26. The molecular formula is C14H22BrN3O2S. The maximum atomic E-state index is 12.6. The van der Waals surface area contributed by atoms with Crippen LogP contribution >= 0.6 is 15.9 Å². The van der Waals surface area contributed by atoms with Crippen molar-refractivity contribution < 1.29 is 8.42 Å². The second kappa shape index (κ2) is 7.58. The maximum absolute atomic E-state index is 12.6. The molecule has 5 nitrogen and oxygen atoms in total. The number of para-hydroxylation sites is 1. The first-order chi connectivity index (χ1) is 10.0. The Bertz CT molecular complexity index is 565. The SMILES string of the molecule is CCNCC1CCCCN1S(=O)(=O)Nc1ccccc1Br. The van der Waals surface area contributed by atoms with Crippen LogP contribution < -0.4 is 10.0 Å². The number of anilines is 1. The molecule has 1 unspecified atom stereocenters. The van der Waals surface area contributed by atoms with Gasteiger partial charge in [-0.3, -0.25) is 4.72 Å². The summed E-state index contributed by atoms with van der Waals surface area (Å²) in [6, 6.07) is 7.28. The van der Waals surface area contributed by atoms with Gasteiger partial charge in [-0.2, -0.15) is 12.7 Å². The van der Waals surface area contributed by atoms with Crippen LogP contribution in [0.25, 0.3) is 0 Å². The fourth-order valence-corrected chi connectivity index (χ4v) is 4.58. The van der Waals surface area contributed by atoms with Crippen molar-refractivity contribution in [2.45, 2.75) is 32.2 Å². The molecule has 1 aliphatic heterocycles. The molecule has 0 spiro atoms. The minimum absolute atomic E-state index is 0.0266. The molecule has 118 valence electrons. The number of piperidine rings is 1. The zero-order chi connectivity index (χ0) is 15.3. The topological polar surface area (TPSA) is 61.4 Å². The minimum Gasteiger partial charge on any atom is -0.315 e. The molecule has 1 heterocycles. The number of rotatable bonds is 6. The van der Waals surface area contributed by atoms with Crippen LogP contribution in [0.4, 0.5) is 5.69 Å². The van der Waals surface area contributed by atoms with Crippen LogP contribution in [0.15, 0.2) is 28.7 Å². The zero-order valence-corrected chi connectivity index (χ0v) is 14.6. The predicted molar refractivity (Wildman–Crippen MR) is 89.6 cm³/mol. The van der Waals surface area contributed by atoms with Crippen molar-refractivity contribution in [3.63, 3.8) is 0 Å².